The first-order chi connectivity index (χ1) is 8.02. The second-order valence-corrected chi connectivity index (χ2v) is 3.95. The summed E-state index contributed by atoms with van der Waals surface area (Å²) in [6.07, 6.45) is -0.320. The molecule has 0 N–H and O–H groups in total. The SMILES string of the molecule is CCC(Oc1ccc(F)cc1)C(=O)OC(C)C. The smallest absolute Gasteiger partial charge is 0.347 e. The largest absolute Gasteiger partial charge is 0.479 e. The number of rotatable bonds is 5. The Kier molecular flexibility index (Phi) is 4.94. The number of carbonyl (C=O) groups is 1. The van der Waals surface area contributed by atoms with Gasteiger partial charge in [0.05, 0.1) is 6.10 Å². The van der Waals surface area contributed by atoms with Gasteiger partial charge in [0.1, 0.15) is 11.6 Å². The Balaban J connectivity index is 2.63. The van der Waals surface area contributed by atoms with Crippen LogP contribution in [0.15, 0.2) is 24.3 Å². The number of hydrogen-bond acceptors (Lipinski definition) is 3. The van der Waals surface area contributed by atoms with Gasteiger partial charge in [0, 0.05) is 0 Å². The maximum absolute atomic E-state index is 12.7. The van der Waals surface area contributed by atoms with Crippen molar-refractivity contribution in [3.05, 3.63) is 30.1 Å². The predicted octanol–water partition coefficient (Wildman–Crippen LogP) is 2.93. The van der Waals surface area contributed by atoms with Gasteiger partial charge < -0.3 is 9.47 Å². The van der Waals surface area contributed by atoms with E-state index in [0.29, 0.717) is 12.2 Å². The zero-order valence-electron chi connectivity index (χ0n) is 10.3. The summed E-state index contributed by atoms with van der Waals surface area (Å²) in [4.78, 5) is 11.6. The van der Waals surface area contributed by atoms with E-state index in [1.54, 1.807) is 13.8 Å². The monoisotopic (exact) mass is 240 g/mol. The van der Waals surface area contributed by atoms with Crippen molar-refractivity contribution < 1.29 is 18.7 Å². The Hall–Kier alpha value is -1.58. The van der Waals surface area contributed by atoms with Gasteiger partial charge in [-0.2, -0.15) is 0 Å². The molecule has 0 bridgehead atoms. The topological polar surface area (TPSA) is 35.5 Å². The minimum Gasteiger partial charge on any atom is -0.479 e. The maximum Gasteiger partial charge on any atom is 0.347 e. The molecule has 0 aliphatic rings. The van der Waals surface area contributed by atoms with Crippen LogP contribution < -0.4 is 4.74 Å². The molecule has 94 valence electrons. The fourth-order valence-corrected chi connectivity index (χ4v) is 1.28. The number of carbonyl (C=O) groups excluding carboxylic acids is 1. The zero-order valence-corrected chi connectivity index (χ0v) is 10.3. The Labute approximate surface area is 101 Å². The average molecular weight is 240 g/mol. The first kappa shape index (κ1) is 13.5. The van der Waals surface area contributed by atoms with Gasteiger partial charge in [-0.3, -0.25) is 0 Å². The van der Waals surface area contributed by atoms with Crippen LogP contribution in [-0.2, 0) is 9.53 Å². The number of ether oxygens (including phenoxy) is 2. The van der Waals surface area contributed by atoms with Crippen LogP contribution in [0.1, 0.15) is 27.2 Å². The molecule has 0 saturated carbocycles. The highest BCUT2D eigenvalue weighted by atomic mass is 19.1. The van der Waals surface area contributed by atoms with Crippen LogP contribution in [0.3, 0.4) is 0 Å². The maximum atomic E-state index is 12.7. The van der Waals surface area contributed by atoms with E-state index in [4.69, 9.17) is 9.47 Å². The van der Waals surface area contributed by atoms with Crippen molar-refractivity contribution in [2.24, 2.45) is 0 Å². The van der Waals surface area contributed by atoms with Crippen LogP contribution in [-0.4, -0.2) is 18.2 Å². The lowest BCUT2D eigenvalue weighted by Gasteiger charge is -2.17. The second kappa shape index (κ2) is 6.23. The molecule has 1 aromatic carbocycles. The van der Waals surface area contributed by atoms with Gasteiger partial charge in [-0.25, -0.2) is 9.18 Å². The molecule has 0 aliphatic heterocycles. The van der Waals surface area contributed by atoms with Gasteiger partial charge in [0.15, 0.2) is 6.10 Å². The molecule has 1 unspecified atom stereocenters. The van der Waals surface area contributed by atoms with Gasteiger partial charge in [0.25, 0.3) is 0 Å². The molecule has 0 saturated heterocycles. The lowest BCUT2D eigenvalue weighted by molar-refractivity contribution is -0.155. The molecule has 0 radical (unpaired) electrons. The number of benzene rings is 1. The Bertz CT molecular complexity index is 359. The zero-order chi connectivity index (χ0) is 12.8. The van der Waals surface area contributed by atoms with Crippen molar-refractivity contribution in [2.75, 3.05) is 0 Å². The summed E-state index contributed by atoms with van der Waals surface area (Å²) in [6.45, 7) is 5.39. The summed E-state index contributed by atoms with van der Waals surface area (Å²) in [5.41, 5.74) is 0. The van der Waals surface area contributed by atoms with E-state index in [1.165, 1.54) is 24.3 Å². The first-order valence-electron chi connectivity index (χ1n) is 5.65. The highest BCUT2D eigenvalue weighted by Gasteiger charge is 2.20. The number of hydrogen-bond donors (Lipinski definition) is 0. The van der Waals surface area contributed by atoms with E-state index in [1.807, 2.05) is 6.92 Å². The Morgan fingerprint density at radius 1 is 1.29 bits per heavy atom. The van der Waals surface area contributed by atoms with Gasteiger partial charge in [-0.05, 0) is 44.5 Å². The van der Waals surface area contributed by atoms with Crippen LogP contribution >= 0.6 is 0 Å². The summed E-state index contributed by atoms with van der Waals surface area (Å²) in [5, 5.41) is 0. The molecule has 0 spiro atoms. The fraction of sp³-hybridized carbons (Fsp3) is 0.462. The molecule has 17 heavy (non-hydrogen) atoms. The van der Waals surface area contributed by atoms with Crippen LogP contribution in [0, 0.1) is 5.82 Å². The molecule has 0 amide bonds. The van der Waals surface area contributed by atoms with Gasteiger partial charge in [0.2, 0.25) is 0 Å². The third-order valence-corrected chi connectivity index (χ3v) is 2.08. The van der Waals surface area contributed by atoms with E-state index < -0.39 is 12.1 Å². The minimum absolute atomic E-state index is 0.173. The van der Waals surface area contributed by atoms with Crippen molar-refractivity contribution in [2.45, 2.75) is 39.4 Å². The molecule has 1 atom stereocenters. The van der Waals surface area contributed by atoms with Crippen molar-refractivity contribution in [3.63, 3.8) is 0 Å². The fourth-order valence-electron chi connectivity index (χ4n) is 1.28. The van der Waals surface area contributed by atoms with Gasteiger partial charge in [-0.15, -0.1) is 0 Å². The summed E-state index contributed by atoms with van der Waals surface area (Å²) in [5.74, 6) is -0.277. The quantitative estimate of drug-likeness (QED) is 0.742. The predicted molar refractivity (Wildman–Crippen MR) is 62.3 cm³/mol. The molecule has 4 heteroatoms. The van der Waals surface area contributed by atoms with E-state index in [-0.39, 0.29) is 11.9 Å². The molecular weight excluding hydrogens is 223 g/mol. The lowest BCUT2D eigenvalue weighted by Crippen LogP contribution is -2.30. The van der Waals surface area contributed by atoms with E-state index in [0.717, 1.165) is 0 Å². The lowest BCUT2D eigenvalue weighted by atomic mass is 10.2. The van der Waals surface area contributed by atoms with Crippen molar-refractivity contribution in [1.82, 2.24) is 0 Å². The van der Waals surface area contributed by atoms with Crippen molar-refractivity contribution >= 4 is 5.97 Å². The first-order valence-corrected chi connectivity index (χ1v) is 5.65. The van der Waals surface area contributed by atoms with Gasteiger partial charge in [-0.1, -0.05) is 6.92 Å². The van der Waals surface area contributed by atoms with E-state index in [2.05, 4.69) is 0 Å². The third-order valence-electron chi connectivity index (χ3n) is 2.08. The third kappa shape index (κ3) is 4.43. The Morgan fingerprint density at radius 3 is 2.35 bits per heavy atom. The van der Waals surface area contributed by atoms with Gasteiger partial charge >= 0.3 is 5.97 Å². The molecule has 0 fully saturated rings. The summed E-state index contributed by atoms with van der Waals surface area (Å²) in [6, 6.07) is 5.55. The normalized spacial score (nSPS) is 12.3. The number of esters is 1. The van der Waals surface area contributed by atoms with Crippen molar-refractivity contribution in [1.29, 1.82) is 0 Å². The summed E-state index contributed by atoms with van der Waals surface area (Å²) < 4.78 is 23.2. The van der Waals surface area contributed by atoms with E-state index >= 15 is 0 Å². The molecule has 0 heterocycles. The minimum atomic E-state index is -0.650. The van der Waals surface area contributed by atoms with Crippen LogP contribution in [0.2, 0.25) is 0 Å². The highest BCUT2D eigenvalue weighted by Crippen LogP contribution is 2.15. The Morgan fingerprint density at radius 2 is 1.88 bits per heavy atom. The molecule has 1 aromatic rings. The molecule has 0 aliphatic carbocycles. The molecule has 0 aromatic heterocycles. The summed E-state index contributed by atoms with van der Waals surface area (Å²) >= 11 is 0. The van der Waals surface area contributed by atoms with Crippen LogP contribution in [0.4, 0.5) is 4.39 Å². The average Bonchev–Trinajstić information content (AvgIpc) is 2.27. The highest BCUT2D eigenvalue weighted by molar-refractivity contribution is 5.75. The van der Waals surface area contributed by atoms with Crippen molar-refractivity contribution in [3.8, 4) is 5.75 Å². The molecular formula is C13H17FO3. The number of halogens is 1. The standard InChI is InChI=1S/C13H17FO3/c1-4-12(13(15)16-9(2)3)17-11-7-5-10(14)6-8-11/h5-9,12H,4H2,1-3H3. The molecule has 1 rings (SSSR count). The molecule has 3 nitrogen and oxygen atoms in total. The van der Waals surface area contributed by atoms with Crippen LogP contribution in [0.25, 0.3) is 0 Å². The van der Waals surface area contributed by atoms with Crippen LogP contribution in [0.5, 0.6) is 5.75 Å². The summed E-state index contributed by atoms with van der Waals surface area (Å²) in [7, 11) is 0. The van der Waals surface area contributed by atoms with E-state index in [9.17, 15) is 9.18 Å². The second-order valence-electron chi connectivity index (χ2n) is 3.95.